The Balaban J connectivity index is 1.70. The Morgan fingerprint density at radius 2 is 2.18 bits per heavy atom. The van der Waals surface area contributed by atoms with Gasteiger partial charge in [-0.15, -0.1) is 11.3 Å². The van der Waals surface area contributed by atoms with Crippen LogP contribution < -0.4 is 0 Å². The van der Waals surface area contributed by atoms with E-state index in [2.05, 4.69) is 37.0 Å². The van der Waals surface area contributed by atoms with Crippen molar-refractivity contribution in [2.45, 2.75) is 38.1 Å². The van der Waals surface area contributed by atoms with Gasteiger partial charge >= 0.3 is 0 Å². The van der Waals surface area contributed by atoms with E-state index in [0.29, 0.717) is 6.54 Å². The third-order valence-corrected chi connectivity index (χ3v) is 7.05. The van der Waals surface area contributed by atoms with Gasteiger partial charge in [-0.1, -0.05) is 6.07 Å². The predicted molar refractivity (Wildman–Crippen MR) is 106 cm³/mol. The average Bonchev–Trinajstić information content (AvgIpc) is 3.28. The lowest BCUT2D eigenvalue weighted by Crippen LogP contribution is -2.53. The second-order valence-electron chi connectivity index (χ2n) is 7.04. The number of halogens is 3. The van der Waals surface area contributed by atoms with Gasteiger partial charge in [0.2, 0.25) is 0 Å². The highest BCUT2D eigenvalue weighted by Gasteiger charge is 2.42. The summed E-state index contributed by atoms with van der Waals surface area (Å²) in [5, 5.41) is 15.8. The average molecular weight is 469 g/mol. The van der Waals surface area contributed by atoms with Crippen molar-refractivity contribution in [3.63, 3.8) is 0 Å². The minimum absolute atomic E-state index is 0.00815. The molecule has 9 heteroatoms. The maximum Gasteiger partial charge on any atom is 0.137 e. The molecule has 1 aliphatic heterocycles. The van der Waals surface area contributed by atoms with Crippen molar-refractivity contribution < 1.29 is 13.9 Å². The second kappa shape index (κ2) is 7.62. The first kappa shape index (κ1) is 19.6. The predicted octanol–water partition coefficient (Wildman–Crippen LogP) is 3.71. The lowest BCUT2D eigenvalue weighted by Gasteiger charge is -2.42. The molecule has 0 unspecified atom stereocenters. The molecule has 0 fully saturated rings. The number of benzene rings is 1. The molecule has 28 heavy (non-hydrogen) atoms. The summed E-state index contributed by atoms with van der Waals surface area (Å²) < 4.78 is 30.7. The molecule has 0 saturated heterocycles. The molecule has 0 aliphatic carbocycles. The van der Waals surface area contributed by atoms with E-state index >= 15 is 0 Å². The van der Waals surface area contributed by atoms with E-state index < -0.39 is 23.3 Å². The lowest BCUT2D eigenvalue weighted by molar-refractivity contribution is -0.0674. The molecule has 2 aromatic heterocycles. The molecule has 0 radical (unpaired) electrons. The van der Waals surface area contributed by atoms with Crippen LogP contribution in [0.15, 0.2) is 40.7 Å². The Hall–Kier alpha value is -1.68. The Kier molecular flexibility index (Phi) is 5.34. The zero-order chi connectivity index (χ0) is 19.9. The van der Waals surface area contributed by atoms with Gasteiger partial charge in [-0.2, -0.15) is 5.10 Å². The molecule has 1 aliphatic rings. The molecule has 3 aromatic rings. The van der Waals surface area contributed by atoms with Crippen molar-refractivity contribution in [2.24, 2.45) is 0 Å². The fraction of sp³-hybridized carbons (Fsp3) is 0.368. The Morgan fingerprint density at radius 3 is 2.89 bits per heavy atom. The monoisotopic (exact) mass is 468 g/mol. The van der Waals surface area contributed by atoms with Crippen LogP contribution in [0.4, 0.5) is 8.78 Å². The minimum Gasteiger partial charge on any atom is -0.381 e. The molecule has 5 nitrogen and oxygen atoms in total. The second-order valence-corrected chi connectivity index (χ2v) is 9.55. The van der Waals surface area contributed by atoms with E-state index in [1.165, 1.54) is 39.9 Å². The van der Waals surface area contributed by atoms with Crippen molar-refractivity contribution in [1.82, 2.24) is 19.7 Å². The van der Waals surface area contributed by atoms with Crippen molar-refractivity contribution in [3.05, 3.63) is 68.3 Å². The van der Waals surface area contributed by atoms with Crippen LogP contribution in [0.2, 0.25) is 0 Å². The molecule has 0 bridgehead atoms. The van der Waals surface area contributed by atoms with Crippen LogP contribution in [0.1, 0.15) is 22.9 Å². The van der Waals surface area contributed by atoms with Crippen molar-refractivity contribution in [2.75, 3.05) is 6.54 Å². The number of hydrogen-bond acceptors (Lipinski definition) is 5. The van der Waals surface area contributed by atoms with Crippen LogP contribution in [0.5, 0.6) is 0 Å². The number of thiophene rings is 1. The molecular weight excluding hydrogens is 450 g/mol. The number of fused-ring (bicyclic) bond motifs is 1. The number of aromatic nitrogens is 3. The molecule has 148 valence electrons. The molecule has 1 N–H and O–H groups in total. The summed E-state index contributed by atoms with van der Waals surface area (Å²) in [6.45, 7) is 3.27. The third kappa shape index (κ3) is 3.63. The van der Waals surface area contributed by atoms with Crippen molar-refractivity contribution in [1.29, 1.82) is 0 Å². The number of hydrogen-bond donors (Lipinski definition) is 1. The van der Waals surface area contributed by atoms with Gasteiger partial charge in [0.15, 0.2) is 0 Å². The summed E-state index contributed by atoms with van der Waals surface area (Å²) in [6.07, 6.45) is 3.69. The topological polar surface area (TPSA) is 54.2 Å². The SMILES string of the molecule is C[C@@H](N1CCc2cc(Br)sc2C1)[C@](O)(Cn1cncn1)c1ccc(F)cc1F. The molecule has 1 aromatic carbocycles. The van der Waals surface area contributed by atoms with Crippen LogP contribution in [0.3, 0.4) is 0 Å². The van der Waals surface area contributed by atoms with E-state index in [1.54, 1.807) is 11.3 Å². The number of aliphatic hydroxyl groups is 1. The summed E-state index contributed by atoms with van der Waals surface area (Å²) in [4.78, 5) is 7.27. The highest BCUT2D eigenvalue weighted by Crippen LogP contribution is 2.37. The van der Waals surface area contributed by atoms with E-state index in [0.717, 1.165) is 22.8 Å². The largest absolute Gasteiger partial charge is 0.381 e. The van der Waals surface area contributed by atoms with E-state index in [4.69, 9.17) is 0 Å². The lowest BCUT2D eigenvalue weighted by atomic mass is 9.84. The summed E-state index contributed by atoms with van der Waals surface area (Å²) in [5.74, 6) is -1.45. The fourth-order valence-electron chi connectivity index (χ4n) is 3.78. The van der Waals surface area contributed by atoms with Gasteiger partial charge in [-0.05, 0) is 47.0 Å². The molecule has 4 rings (SSSR count). The summed E-state index contributed by atoms with van der Waals surface area (Å²) in [5.41, 5.74) is -0.263. The van der Waals surface area contributed by atoms with Gasteiger partial charge in [-0.3, -0.25) is 4.90 Å². The van der Waals surface area contributed by atoms with E-state index in [1.807, 2.05) is 6.92 Å². The van der Waals surface area contributed by atoms with E-state index in [9.17, 15) is 13.9 Å². The molecular formula is C19H19BrF2N4OS. The third-order valence-electron chi connectivity index (χ3n) is 5.39. The molecule has 3 heterocycles. The highest BCUT2D eigenvalue weighted by molar-refractivity contribution is 9.11. The zero-order valence-corrected chi connectivity index (χ0v) is 17.6. The molecule has 2 atom stereocenters. The maximum absolute atomic E-state index is 14.7. The van der Waals surface area contributed by atoms with Gasteiger partial charge in [0.25, 0.3) is 0 Å². The molecule has 0 amide bonds. The maximum atomic E-state index is 14.7. The van der Waals surface area contributed by atoms with Gasteiger partial charge < -0.3 is 5.11 Å². The first-order valence-electron chi connectivity index (χ1n) is 8.88. The number of nitrogens with zero attached hydrogens (tertiary/aromatic N) is 4. The van der Waals surface area contributed by atoms with Crippen molar-refractivity contribution >= 4 is 27.3 Å². The summed E-state index contributed by atoms with van der Waals surface area (Å²) in [7, 11) is 0. The number of rotatable bonds is 5. The first-order chi connectivity index (χ1) is 13.4. The zero-order valence-electron chi connectivity index (χ0n) is 15.1. The summed E-state index contributed by atoms with van der Waals surface area (Å²) in [6, 6.07) is 4.98. The van der Waals surface area contributed by atoms with Gasteiger partial charge in [0.05, 0.1) is 10.3 Å². The smallest absolute Gasteiger partial charge is 0.137 e. The van der Waals surface area contributed by atoms with Crippen LogP contribution in [0.25, 0.3) is 0 Å². The van der Waals surface area contributed by atoms with Crippen LogP contribution >= 0.6 is 27.3 Å². The Labute approximate surface area is 173 Å². The Bertz CT molecular complexity index is 980. The molecule has 0 spiro atoms. The van der Waals surface area contributed by atoms with E-state index in [-0.39, 0.29) is 12.1 Å². The van der Waals surface area contributed by atoms with Gasteiger partial charge in [-0.25, -0.2) is 18.4 Å². The van der Waals surface area contributed by atoms with Gasteiger partial charge in [0, 0.05) is 35.6 Å². The minimum atomic E-state index is -1.61. The van der Waals surface area contributed by atoms with Gasteiger partial charge in [0.1, 0.15) is 29.9 Å². The standard InChI is InChI=1S/C19H19BrF2N4OS/c1-12(25-5-4-13-6-18(20)28-17(13)8-25)19(27,9-26-11-23-10-24-26)15-3-2-14(21)7-16(15)22/h2-3,6-7,10-12,27H,4-5,8-9H2,1H3/t12-,19-/m1/s1. The molecule has 0 saturated carbocycles. The Morgan fingerprint density at radius 1 is 1.36 bits per heavy atom. The summed E-state index contributed by atoms with van der Waals surface area (Å²) >= 11 is 5.20. The van der Waals surface area contributed by atoms with Crippen molar-refractivity contribution in [3.8, 4) is 0 Å². The fourth-order valence-corrected chi connectivity index (χ4v) is 5.60. The normalized spacial score (nSPS) is 17.9. The van der Waals surface area contributed by atoms with Crippen LogP contribution in [0, 0.1) is 11.6 Å². The van der Waals surface area contributed by atoms with Crippen LogP contribution in [-0.2, 0) is 25.1 Å². The first-order valence-corrected chi connectivity index (χ1v) is 10.5. The van der Waals surface area contributed by atoms with Crippen LogP contribution in [-0.4, -0.2) is 37.4 Å². The highest BCUT2D eigenvalue weighted by atomic mass is 79.9. The quantitative estimate of drug-likeness (QED) is 0.619.